The minimum absolute atomic E-state index is 0. The number of rotatable bonds is 3. The van der Waals surface area contributed by atoms with Gasteiger partial charge < -0.3 is 11.1 Å². The number of hydrogen-bond acceptors (Lipinski definition) is 4. The SMILES string of the molecule is Cc1ccc2nc(NC(=O)[C@H](N)C(C)C)sc2c1.Cl. The highest BCUT2D eigenvalue weighted by Crippen LogP contribution is 2.26. The van der Waals surface area contributed by atoms with Crippen molar-refractivity contribution < 1.29 is 4.79 Å². The highest BCUT2D eigenvalue weighted by atomic mass is 35.5. The first-order valence-electron chi connectivity index (χ1n) is 5.91. The van der Waals surface area contributed by atoms with Crippen molar-refractivity contribution in [2.24, 2.45) is 11.7 Å². The van der Waals surface area contributed by atoms with Crippen LogP contribution in [0.25, 0.3) is 10.2 Å². The van der Waals surface area contributed by atoms with Crippen molar-refractivity contribution in [2.75, 3.05) is 5.32 Å². The standard InChI is InChI=1S/C13H17N3OS.ClH/c1-7(2)11(14)12(17)16-13-15-9-5-4-8(3)6-10(9)18-13;/h4-7,11H,14H2,1-3H3,(H,15,16,17);1H/t11-;/m1./s1. The van der Waals surface area contributed by atoms with Crippen LogP contribution in [0.1, 0.15) is 19.4 Å². The largest absolute Gasteiger partial charge is 0.320 e. The summed E-state index contributed by atoms with van der Waals surface area (Å²) in [6.07, 6.45) is 0. The molecule has 4 nitrogen and oxygen atoms in total. The van der Waals surface area contributed by atoms with E-state index in [4.69, 9.17) is 5.73 Å². The van der Waals surface area contributed by atoms with Crippen LogP contribution in [-0.4, -0.2) is 16.9 Å². The van der Waals surface area contributed by atoms with Crippen LogP contribution in [0.15, 0.2) is 18.2 Å². The Morgan fingerprint density at radius 3 is 2.74 bits per heavy atom. The molecule has 0 fully saturated rings. The number of aromatic nitrogens is 1. The van der Waals surface area contributed by atoms with Crippen LogP contribution < -0.4 is 11.1 Å². The molecule has 0 unspecified atom stereocenters. The number of amides is 1. The third-order valence-electron chi connectivity index (χ3n) is 2.80. The molecule has 1 aromatic carbocycles. The van der Waals surface area contributed by atoms with E-state index in [0.717, 1.165) is 10.2 Å². The Labute approximate surface area is 122 Å². The molecule has 0 radical (unpaired) electrons. The summed E-state index contributed by atoms with van der Waals surface area (Å²) < 4.78 is 1.07. The molecule has 0 spiro atoms. The van der Waals surface area contributed by atoms with E-state index < -0.39 is 6.04 Å². The van der Waals surface area contributed by atoms with Gasteiger partial charge >= 0.3 is 0 Å². The highest BCUT2D eigenvalue weighted by Gasteiger charge is 2.18. The molecule has 1 amide bonds. The van der Waals surface area contributed by atoms with Gasteiger partial charge in [-0.2, -0.15) is 0 Å². The van der Waals surface area contributed by atoms with E-state index in [1.807, 2.05) is 32.9 Å². The lowest BCUT2D eigenvalue weighted by Gasteiger charge is -2.13. The Bertz CT molecular complexity index is 582. The number of fused-ring (bicyclic) bond motifs is 1. The number of nitrogens with one attached hydrogen (secondary N) is 1. The monoisotopic (exact) mass is 299 g/mol. The summed E-state index contributed by atoms with van der Waals surface area (Å²) in [5.41, 5.74) is 7.88. The zero-order valence-corrected chi connectivity index (χ0v) is 12.8. The van der Waals surface area contributed by atoms with Gasteiger partial charge in [0.15, 0.2) is 5.13 Å². The molecule has 1 atom stereocenters. The van der Waals surface area contributed by atoms with Gasteiger partial charge in [-0.1, -0.05) is 31.3 Å². The highest BCUT2D eigenvalue weighted by molar-refractivity contribution is 7.22. The van der Waals surface area contributed by atoms with Gasteiger partial charge in [0, 0.05) is 0 Å². The van der Waals surface area contributed by atoms with E-state index in [9.17, 15) is 4.79 Å². The van der Waals surface area contributed by atoms with Crippen LogP contribution >= 0.6 is 23.7 Å². The van der Waals surface area contributed by atoms with Crippen molar-refractivity contribution in [3.8, 4) is 0 Å². The zero-order chi connectivity index (χ0) is 13.3. The summed E-state index contributed by atoms with van der Waals surface area (Å²) >= 11 is 1.47. The molecule has 1 aromatic heterocycles. The van der Waals surface area contributed by atoms with E-state index in [1.165, 1.54) is 16.9 Å². The number of benzene rings is 1. The van der Waals surface area contributed by atoms with Gasteiger partial charge in [-0.05, 0) is 30.5 Å². The zero-order valence-electron chi connectivity index (χ0n) is 11.1. The molecule has 2 rings (SSSR count). The second-order valence-electron chi connectivity index (χ2n) is 4.75. The van der Waals surface area contributed by atoms with Crippen LogP contribution in [0.4, 0.5) is 5.13 Å². The average molecular weight is 300 g/mol. The smallest absolute Gasteiger partial charge is 0.243 e. The quantitative estimate of drug-likeness (QED) is 0.915. The lowest BCUT2D eigenvalue weighted by molar-refractivity contribution is -0.118. The van der Waals surface area contributed by atoms with Gasteiger partial charge in [0.1, 0.15) is 0 Å². The molecule has 19 heavy (non-hydrogen) atoms. The molecule has 0 saturated carbocycles. The van der Waals surface area contributed by atoms with E-state index in [2.05, 4.69) is 16.4 Å². The van der Waals surface area contributed by atoms with Crippen molar-refractivity contribution in [3.05, 3.63) is 23.8 Å². The number of halogens is 1. The van der Waals surface area contributed by atoms with E-state index in [1.54, 1.807) is 0 Å². The molecule has 2 aromatic rings. The van der Waals surface area contributed by atoms with Crippen molar-refractivity contribution in [3.63, 3.8) is 0 Å². The van der Waals surface area contributed by atoms with Gasteiger partial charge in [-0.25, -0.2) is 4.98 Å². The maximum Gasteiger partial charge on any atom is 0.243 e. The fourth-order valence-corrected chi connectivity index (χ4v) is 2.54. The summed E-state index contributed by atoms with van der Waals surface area (Å²) in [7, 11) is 0. The number of nitrogens with two attached hydrogens (primary N) is 1. The van der Waals surface area contributed by atoms with Crippen LogP contribution in [0.3, 0.4) is 0 Å². The van der Waals surface area contributed by atoms with E-state index in [0.29, 0.717) is 5.13 Å². The number of anilines is 1. The Morgan fingerprint density at radius 2 is 2.11 bits per heavy atom. The topological polar surface area (TPSA) is 68.0 Å². The Morgan fingerprint density at radius 1 is 1.42 bits per heavy atom. The molecule has 104 valence electrons. The van der Waals surface area contributed by atoms with Crippen LogP contribution in [0, 0.1) is 12.8 Å². The predicted molar refractivity (Wildman–Crippen MR) is 83.0 cm³/mol. The summed E-state index contributed by atoms with van der Waals surface area (Å²) in [6.45, 7) is 5.88. The molecule has 0 saturated heterocycles. The molecule has 6 heteroatoms. The molecule has 0 aliphatic heterocycles. The molecule has 0 aliphatic rings. The first-order chi connectivity index (χ1) is 8.47. The molecule has 0 aliphatic carbocycles. The lowest BCUT2D eigenvalue weighted by Crippen LogP contribution is -2.39. The summed E-state index contributed by atoms with van der Waals surface area (Å²) in [4.78, 5) is 16.2. The van der Waals surface area contributed by atoms with E-state index in [-0.39, 0.29) is 24.2 Å². The molecular weight excluding hydrogens is 282 g/mol. The fourth-order valence-electron chi connectivity index (χ4n) is 1.58. The van der Waals surface area contributed by atoms with Gasteiger partial charge in [0.05, 0.1) is 16.3 Å². The molecule has 1 heterocycles. The van der Waals surface area contributed by atoms with Crippen molar-refractivity contribution in [2.45, 2.75) is 26.8 Å². The molecule has 0 bridgehead atoms. The Hall–Kier alpha value is -1.17. The van der Waals surface area contributed by atoms with Gasteiger partial charge in [-0.3, -0.25) is 4.79 Å². The van der Waals surface area contributed by atoms with Crippen molar-refractivity contribution in [1.82, 2.24) is 4.98 Å². The average Bonchev–Trinajstić information content (AvgIpc) is 2.68. The normalized spacial score (nSPS) is 12.3. The number of aryl methyl sites for hydroxylation is 1. The minimum Gasteiger partial charge on any atom is -0.320 e. The summed E-state index contributed by atoms with van der Waals surface area (Å²) in [5.74, 6) is -0.0672. The number of carbonyl (C=O) groups is 1. The number of hydrogen-bond donors (Lipinski definition) is 2. The summed E-state index contributed by atoms with van der Waals surface area (Å²) in [6, 6.07) is 5.52. The second-order valence-corrected chi connectivity index (χ2v) is 5.78. The maximum atomic E-state index is 11.8. The third-order valence-corrected chi connectivity index (χ3v) is 3.73. The number of nitrogens with zero attached hydrogens (tertiary/aromatic N) is 1. The van der Waals surface area contributed by atoms with E-state index >= 15 is 0 Å². The predicted octanol–water partition coefficient (Wildman–Crippen LogP) is 2.95. The van der Waals surface area contributed by atoms with Gasteiger partial charge in [0.25, 0.3) is 0 Å². The van der Waals surface area contributed by atoms with Gasteiger partial charge in [0.2, 0.25) is 5.91 Å². The summed E-state index contributed by atoms with van der Waals surface area (Å²) in [5, 5.41) is 3.38. The molecular formula is C13H18ClN3OS. The molecule has 3 N–H and O–H groups in total. The van der Waals surface area contributed by atoms with Gasteiger partial charge in [-0.15, -0.1) is 12.4 Å². The number of thiazole rings is 1. The lowest BCUT2D eigenvalue weighted by atomic mass is 10.1. The van der Waals surface area contributed by atoms with Crippen molar-refractivity contribution in [1.29, 1.82) is 0 Å². The Kier molecular flexibility index (Phi) is 5.29. The number of carbonyl (C=O) groups excluding carboxylic acids is 1. The van der Waals surface area contributed by atoms with Crippen LogP contribution in [0.5, 0.6) is 0 Å². The maximum absolute atomic E-state index is 11.8. The van der Waals surface area contributed by atoms with Crippen LogP contribution in [-0.2, 0) is 4.79 Å². The third kappa shape index (κ3) is 3.65. The van der Waals surface area contributed by atoms with Crippen LogP contribution in [0.2, 0.25) is 0 Å². The Balaban J connectivity index is 0.00000180. The first kappa shape index (κ1) is 15.9. The fraction of sp³-hybridized carbons (Fsp3) is 0.385. The second kappa shape index (κ2) is 6.32. The minimum atomic E-state index is -0.501. The first-order valence-corrected chi connectivity index (χ1v) is 6.72. The van der Waals surface area contributed by atoms with Crippen molar-refractivity contribution >= 4 is 45.0 Å².